The fourth-order valence-corrected chi connectivity index (χ4v) is 1.47. The molecule has 0 spiro atoms. The van der Waals surface area contributed by atoms with Crippen LogP contribution in [0.4, 0.5) is 5.69 Å². The van der Waals surface area contributed by atoms with E-state index < -0.39 is 0 Å². The van der Waals surface area contributed by atoms with E-state index in [4.69, 9.17) is 11.6 Å². The summed E-state index contributed by atoms with van der Waals surface area (Å²) >= 11 is 9.39. The molecule has 1 aromatic carbocycles. The van der Waals surface area contributed by atoms with Crippen molar-refractivity contribution in [2.75, 3.05) is 5.32 Å². The summed E-state index contributed by atoms with van der Waals surface area (Å²) in [6.45, 7) is 4.16. The van der Waals surface area contributed by atoms with E-state index in [9.17, 15) is 0 Å². The van der Waals surface area contributed by atoms with E-state index in [-0.39, 0.29) is 0 Å². The maximum absolute atomic E-state index is 6.03. The Hall–Kier alpha value is -0.210. The zero-order chi connectivity index (χ0) is 9.14. The molecule has 0 unspecified atom stereocenters. The van der Waals surface area contributed by atoms with Gasteiger partial charge in [0.25, 0.3) is 0 Å². The summed E-state index contributed by atoms with van der Waals surface area (Å²) in [5.74, 6) is 0. The highest BCUT2D eigenvalue weighted by Crippen LogP contribution is 2.30. The van der Waals surface area contributed by atoms with Crippen LogP contribution in [0.1, 0.15) is 13.8 Å². The van der Waals surface area contributed by atoms with Gasteiger partial charge in [0.2, 0.25) is 0 Å². The van der Waals surface area contributed by atoms with Crippen molar-refractivity contribution in [1.29, 1.82) is 0 Å². The summed E-state index contributed by atoms with van der Waals surface area (Å²) in [5, 5.41) is 3.99. The van der Waals surface area contributed by atoms with Gasteiger partial charge in [0, 0.05) is 10.5 Å². The van der Waals surface area contributed by atoms with Crippen LogP contribution < -0.4 is 5.32 Å². The molecule has 66 valence electrons. The van der Waals surface area contributed by atoms with Gasteiger partial charge in [0.15, 0.2) is 0 Å². The molecule has 1 nitrogen and oxygen atoms in total. The summed E-state index contributed by atoms with van der Waals surface area (Å²) in [6, 6.07) is 6.25. The number of anilines is 1. The van der Waals surface area contributed by atoms with Crippen LogP contribution in [-0.2, 0) is 0 Å². The van der Waals surface area contributed by atoms with Crippen LogP contribution in [0.25, 0.3) is 0 Å². The summed E-state index contributed by atoms with van der Waals surface area (Å²) in [5.41, 5.74) is 0.973. The third-order valence-electron chi connectivity index (χ3n) is 1.40. The van der Waals surface area contributed by atoms with Gasteiger partial charge in [-0.05, 0) is 41.9 Å². The molecule has 12 heavy (non-hydrogen) atoms. The van der Waals surface area contributed by atoms with Gasteiger partial charge >= 0.3 is 0 Å². The number of nitrogens with one attached hydrogen (secondary N) is 1. The Morgan fingerprint density at radius 2 is 2.08 bits per heavy atom. The number of benzene rings is 1. The van der Waals surface area contributed by atoms with Crippen molar-refractivity contribution in [1.82, 2.24) is 0 Å². The lowest BCUT2D eigenvalue weighted by Gasteiger charge is -2.11. The first-order chi connectivity index (χ1) is 5.61. The maximum Gasteiger partial charge on any atom is 0.0779 e. The SMILES string of the molecule is CC(C)Nc1cccc(Br)c1Cl. The van der Waals surface area contributed by atoms with Gasteiger partial charge in [-0.3, -0.25) is 0 Å². The van der Waals surface area contributed by atoms with Crippen molar-refractivity contribution in [3.8, 4) is 0 Å². The molecular weight excluding hydrogens is 237 g/mol. The highest BCUT2D eigenvalue weighted by atomic mass is 79.9. The first kappa shape index (κ1) is 9.87. The minimum Gasteiger partial charge on any atom is -0.382 e. The highest BCUT2D eigenvalue weighted by molar-refractivity contribution is 9.10. The standard InChI is InChI=1S/C9H11BrClN/c1-6(2)12-8-5-3-4-7(10)9(8)11/h3-6,12H,1-2H3. The molecule has 0 aromatic heterocycles. The van der Waals surface area contributed by atoms with Gasteiger partial charge in [-0.15, -0.1) is 0 Å². The highest BCUT2D eigenvalue weighted by Gasteiger charge is 2.03. The van der Waals surface area contributed by atoms with Gasteiger partial charge in [0.05, 0.1) is 10.7 Å². The lowest BCUT2D eigenvalue weighted by Crippen LogP contribution is -2.09. The lowest BCUT2D eigenvalue weighted by atomic mass is 10.3. The van der Waals surface area contributed by atoms with E-state index in [0.29, 0.717) is 6.04 Å². The molecule has 0 radical (unpaired) electrons. The average Bonchev–Trinajstić information content (AvgIpc) is 1.98. The predicted molar refractivity (Wildman–Crippen MR) is 57.9 cm³/mol. The second-order valence-electron chi connectivity index (χ2n) is 2.90. The Bertz CT molecular complexity index is 273. The van der Waals surface area contributed by atoms with Crippen molar-refractivity contribution >= 4 is 33.2 Å². The Kier molecular flexibility index (Phi) is 3.41. The topological polar surface area (TPSA) is 12.0 Å². The minimum absolute atomic E-state index is 0.400. The molecule has 0 atom stereocenters. The van der Waals surface area contributed by atoms with Gasteiger partial charge < -0.3 is 5.32 Å². The van der Waals surface area contributed by atoms with Crippen LogP contribution >= 0.6 is 27.5 Å². The zero-order valence-electron chi connectivity index (χ0n) is 7.07. The second-order valence-corrected chi connectivity index (χ2v) is 4.13. The van der Waals surface area contributed by atoms with Crippen LogP contribution in [-0.4, -0.2) is 6.04 Å². The van der Waals surface area contributed by atoms with Crippen molar-refractivity contribution in [2.24, 2.45) is 0 Å². The van der Waals surface area contributed by atoms with Crippen LogP contribution in [0.2, 0.25) is 5.02 Å². The molecule has 1 N–H and O–H groups in total. The zero-order valence-corrected chi connectivity index (χ0v) is 9.41. The van der Waals surface area contributed by atoms with Gasteiger partial charge in [-0.25, -0.2) is 0 Å². The largest absolute Gasteiger partial charge is 0.382 e. The number of hydrogen-bond donors (Lipinski definition) is 1. The Morgan fingerprint density at radius 3 is 2.67 bits per heavy atom. The fraction of sp³-hybridized carbons (Fsp3) is 0.333. The maximum atomic E-state index is 6.03. The first-order valence-corrected chi connectivity index (χ1v) is 4.99. The van der Waals surface area contributed by atoms with Gasteiger partial charge in [-0.1, -0.05) is 17.7 Å². The lowest BCUT2D eigenvalue weighted by molar-refractivity contribution is 0.899. The van der Waals surface area contributed by atoms with Crippen LogP contribution in [0.5, 0.6) is 0 Å². The summed E-state index contributed by atoms with van der Waals surface area (Å²) in [4.78, 5) is 0. The monoisotopic (exact) mass is 247 g/mol. The molecule has 0 aliphatic rings. The second kappa shape index (κ2) is 4.15. The fourth-order valence-electron chi connectivity index (χ4n) is 0.926. The van der Waals surface area contributed by atoms with E-state index in [1.54, 1.807) is 0 Å². The van der Waals surface area contributed by atoms with E-state index in [1.807, 2.05) is 18.2 Å². The smallest absolute Gasteiger partial charge is 0.0779 e. The number of halogens is 2. The van der Waals surface area contributed by atoms with Gasteiger partial charge in [-0.2, -0.15) is 0 Å². The normalized spacial score (nSPS) is 10.4. The third-order valence-corrected chi connectivity index (χ3v) is 2.69. The van der Waals surface area contributed by atoms with Crippen LogP contribution in [0.15, 0.2) is 22.7 Å². The molecule has 0 aliphatic carbocycles. The van der Waals surface area contributed by atoms with E-state index >= 15 is 0 Å². The molecule has 1 rings (SSSR count). The Morgan fingerprint density at radius 1 is 1.42 bits per heavy atom. The van der Waals surface area contributed by atoms with Crippen molar-refractivity contribution in [2.45, 2.75) is 19.9 Å². The summed E-state index contributed by atoms with van der Waals surface area (Å²) in [6.07, 6.45) is 0. The number of hydrogen-bond acceptors (Lipinski definition) is 1. The Labute approximate surface area is 86.2 Å². The van der Waals surface area contributed by atoms with Crippen molar-refractivity contribution in [3.05, 3.63) is 27.7 Å². The van der Waals surface area contributed by atoms with Crippen LogP contribution in [0, 0.1) is 0 Å². The van der Waals surface area contributed by atoms with Crippen molar-refractivity contribution < 1.29 is 0 Å². The summed E-state index contributed by atoms with van der Waals surface area (Å²) in [7, 11) is 0. The van der Waals surface area contributed by atoms with E-state index in [1.165, 1.54) is 0 Å². The molecule has 1 aromatic rings. The molecule has 3 heteroatoms. The predicted octanol–water partition coefficient (Wildman–Crippen LogP) is 3.92. The minimum atomic E-state index is 0.400. The van der Waals surface area contributed by atoms with E-state index in [2.05, 4.69) is 35.1 Å². The van der Waals surface area contributed by atoms with Crippen LogP contribution in [0.3, 0.4) is 0 Å². The van der Waals surface area contributed by atoms with Crippen molar-refractivity contribution in [3.63, 3.8) is 0 Å². The Balaban J connectivity index is 2.92. The average molecular weight is 249 g/mol. The molecule has 0 aliphatic heterocycles. The number of rotatable bonds is 2. The molecular formula is C9H11BrClN. The quantitative estimate of drug-likeness (QED) is 0.836. The molecule has 0 fully saturated rings. The molecule has 0 heterocycles. The van der Waals surface area contributed by atoms with E-state index in [0.717, 1.165) is 15.2 Å². The van der Waals surface area contributed by atoms with Gasteiger partial charge in [0.1, 0.15) is 0 Å². The molecule has 0 saturated carbocycles. The third kappa shape index (κ3) is 2.39. The first-order valence-electron chi connectivity index (χ1n) is 3.82. The molecule has 0 bridgehead atoms. The summed E-state index contributed by atoms with van der Waals surface area (Å²) < 4.78 is 0.926. The molecule has 0 saturated heterocycles. The molecule has 0 amide bonds.